The molecule has 0 radical (unpaired) electrons. The fraction of sp³-hybridized carbons (Fsp3) is 0.705. The van der Waals surface area contributed by atoms with Crippen molar-refractivity contribution in [3.05, 3.63) is 30.5 Å². The lowest BCUT2D eigenvalue weighted by Gasteiger charge is -2.38. The lowest BCUT2D eigenvalue weighted by molar-refractivity contribution is -0.145. The summed E-state index contributed by atoms with van der Waals surface area (Å²) in [5, 5.41) is 9.56. The molecule has 0 bridgehead atoms. The Morgan fingerprint density at radius 2 is 1.68 bits per heavy atom. The molecule has 2 aromatic rings. The SMILES string of the molecule is CC[C@@H]1C[C@]1(NC(=O)[C@@H]1C[C@@]2(CN1C(=O)[C@@H](NC(=O)[C@@H](NC(=O)OC1COC1)C1CCCCC1)C(C)(C)C)C(C)(C)C21CCC1)C(=O)NS(=O)(=O)c1cccc2cc[nH]c12. The molecule has 5 N–H and O–H groups in total. The number of hydrogen-bond donors (Lipinski definition) is 5. The van der Waals surface area contributed by atoms with Gasteiger partial charge in [0.2, 0.25) is 17.7 Å². The minimum Gasteiger partial charge on any atom is -0.441 e. The number of carbonyl (C=O) groups is 5. The van der Waals surface area contributed by atoms with E-state index in [0.29, 0.717) is 43.5 Å². The number of rotatable bonds is 12. The lowest BCUT2D eigenvalue weighted by atomic mass is 9.73. The maximum Gasteiger partial charge on any atom is 0.408 e. The highest BCUT2D eigenvalue weighted by molar-refractivity contribution is 7.90. The number of nitrogens with zero attached hydrogens (tertiary/aromatic N) is 1. The van der Waals surface area contributed by atoms with E-state index in [9.17, 15) is 27.6 Å². The van der Waals surface area contributed by atoms with Crippen LogP contribution in [-0.2, 0) is 38.7 Å². The molecule has 0 unspecified atom stereocenters. The number of sulfonamides is 1. The minimum absolute atomic E-state index is 0.0383. The van der Waals surface area contributed by atoms with Gasteiger partial charge in [0, 0.05) is 23.5 Å². The van der Waals surface area contributed by atoms with Gasteiger partial charge in [-0.2, -0.15) is 0 Å². The second-order valence-corrected chi connectivity index (χ2v) is 21.8. The maximum absolute atomic E-state index is 15.2. The number of likely N-dealkylation sites (tertiary alicyclic amines) is 1. The van der Waals surface area contributed by atoms with Crippen LogP contribution in [0.2, 0.25) is 0 Å². The molecule has 5 amide bonds. The molecule has 60 heavy (non-hydrogen) atoms. The summed E-state index contributed by atoms with van der Waals surface area (Å²) < 4.78 is 40.4. The van der Waals surface area contributed by atoms with Gasteiger partial charge in [0.25, 0.3) is 15.9 Å². The first-order valence-corrected chi connectivity index (χ1v) is 23.4. The molecule has 2 spiro atoms. The van der Waals surface area contributed by atoms with E-state index >= 15 is 4.79 Å². The molecule has 1 aromatic heterocycles. The van der Waals surface area contributed by atoms with E-state index in [1.165, 1.54) is 6.07 Å². The third kappa shape index (κ3) is 6.87. The number of para-hydroxylation sites is 1. The van der Waals surface area contributed by atoms with Gasteiger partial charge in [0.05, 0.1) is 18.7 Å². The van der Waals surface area contributed by atoms with Gasteiger partial charge in [0.15, 0.2) is 6.10 Å². The van der Waals surface area contributed by atoms with Gasteiger partial charge in [-0.25, -0.2) is 17.9 Å². The first-order valence-electron chi connectivity index (χ1n) is 21.9. The molecule has 4 saturated carbocycles. The predicted molar refractivity (Wildman–Crippen MR) is 221 cm³/mol. The van der Waals surface area contributed by atoms with E-state index in [0.717, 1.165) is 51.4 Å². The topological polar surface area (TPSA) is 205 Å². The number of carbonyl (C=O) groups excluding carboxylic acids is 5. The van der Waals surface area contributed by atoms with Crippen molar-refractivity contribution in [1.82, 2.24) is 30.6 Å². The Bertz CT molecular complexity index is 2170. The number of aromatic nitrogens is 1. The summed E-state index contributed by atoms with van der Waals surface area (Å²) in [7, 11) is -4.34. The van der Waals surface area contributed by atoms with Crippen LogP contribution in [0.15, 0.2) is 35.4 Å². The molecule has 6 aliphatic rings. The number of aromatic amines is 1. The molecule has 6 fully saturated rings. The van der Waals surface area contributed by atoms with Crippen molar-refractivity contribution in [2.24, 2.45) is 33.5 Å². The summed E-state index contributed by atoms with van der Waals surface area (Å²) in [6.45, 7) is 12.8. The zero-order chi connectivity index (χ0) is 43.0. The molecule has 3 heterocycles. The van der Waals surface area contributed by atoms with Crippen molar-refractivity contribution in [2.75, 3.05) is 19.8 Å². The molecular formula is C44H62N6O9S. The molecule has 2 saturated heterocycles. The van der Waals surface area contributed by atoms with Crippen LogP contribution in [0.5, 0.6) is 0 Å². The standard InChI is InChI=1S/C44H62N6O9S/c1-7-28-21-44(28,38(54)49-60(56,57)31-16-11-15-27-17-20-45-32(27)31)48-35(51)30-22-43(41(5,6)42(43)18-12-19-42)25-50(30)37(53)34(40(2,3)4)47-36(52)33(26-13-9-8-10-14-26)46-39(55)59-29-23-58-24-29/h11,15-17,20,26,28-30,33-34,45H,7-10,12-14,18-19,21-25H2,1-6H3,(H,46,55)(H,47,52)(H,48,51)(H,49,54)/t28-,30+,33+,34-,43-,44-/m1/s1. The average molecular weight is 851 g/mol. The van der Waals surface area contributed by atoms with Crippen molar-refractivity contribution in [3.63, 3.8) is 0 Å². The predicted octanol–water partition coefficient (Wildman–Crippen LogP) is 4.66. The largest absolute Gasteiger partial charge is 0.441 e. The number of alkyl carbamates (subject to hydrolysis) is 1. The molecular weight excluding hydrogens is 789 g/mol. The van der Waals surface area contributed by atoms with Gasteiger partial charge in [-0.05, 0) is 78.7 Å². The number of H-pyrrole nitrogens is 1. The lowest BCUT2D eigenvalue weighted by Crippen LogP contribution is -2.62. The van der Waals surface area contributed by atoms with Crippen LogP contribution >= 0.6 is 0 Å². The highest BCUT2D eigenvalue weighted by atomic mass is 32.2. The fourth-order valence-electron chi connectivity index (χ4n) is 11.7. The Kier molecular flexibility index (Phi) is 10.6. The first kappa shape index (κ1) is 42.5. The summed E-state index contributed by atoms with van der Waals surface area (Å²) in [6.07, 6.45) is 9.09. The number of nitrogens with one attached hydrogen (secondary N) is 5. The Morgan fingerprint density at radius 1 is 0.967 bits per heavy atom. The Morgan fingerprint density at radius 3 is 2.27 bits per heavy atom. The maximum atomic E-state index is 15.2. The van der Waals surface area contributed by atoms with E-state index in [4.69, 9.17) is 9.47 Å². The zero-order valence-corrected chi connectivity index (χ0v) is 36.6. The van der Waals surface area contributed by atoms with Crippen molar-refractivity contribution in [1.29, 1.82) is 0 Å². The van der Waals surface area contributed by atoms with Gasteiger partial charge in [0.1, 0.15) is 28.6 Å². The number of amides is 5. The number of hydrogen-bond acceptors (Lipinski definition) is 9. The molecule has 4 aliphatic carbocycles. The molecule has 2 aliphatic heterocycles. The molecule has 1 aromatic carbocycles. The molecule has 6 atom stereocenters. The molecule has 15 nitrogen and oxygen atoms in total. The van der Waals surface area contributed by atoms with Crippen molar-refractivity contribution in [2.45, 2.75) is 147 Å². The summed E-state index contributed by atoms with van der Waals surface area (Å²) in [6, 6.07) is 3.57. The van der Waals surface area contributed by atoms with Crippen LogP contribution < -0.4 is 20.7 Å². The number of benzene rings is 1. The van der Waals surface area contributed by atoms with Crippen molar-refractivity contribution >= 4 is 50.6 Å². The second kappa shape index (κ2) is 15.0. The summed E-state index contributed by atoms with van der Waals surface area (Å²) >= 11 is 0. The molecule has 8 rings (SSSR count). The van der Waals surface area contributed by atoms with Crippen LogP contribution in [0.3, 0.4) is 0 Å². The van der Waals surface area contributed by atoms with Crippen LogP contribution in [0.25, 0.3) is 10.9 Å². The molecule has 328 valence electrons. The van der Waals surface area contributed by atoms with E-state index in [1.54, 1.807) is 29.3 Å². The van der Waals surface area contributed by atoms with Crippen molar-refractivity contribution in [3.8, 4) is 0 Å². The van der Waals surface area contributed by atoms with E-state index < -0.39 is 68.8 Å². The van der Waals surface area contributed by atoms with E-state index in [1.807, 2.05) is 27.7 Å². The van der Waals surface area contributed by atoms with Crippen LogP contribution in [0.4, 0.5) is 4.79 Å². The van der Waals surface area contributed by atoms with E-state index in [-0.39, 0.29) is 45.5 Å². The minimum atomic E-state index is -4.34. The van der Waals surface area contributed by atoms with Gasteiger partial charge < -0.3 is 35.3 Å². The quantitative estimate of drug-likeness (QED) is 0.201. The summed E-state index contributed by atoms with van der Waals surface area (Å²) in [4.78, 5) is 76.1. The smallest absolute Gasteiger partial charge is 0.408 e. The number of fused-ring (bicyclic) bond motifs is 2. The van der Waals surface area contributed by atoms with Gasteiger partial charge >= 0.3 is 6.09 Å². The zero-order valence-electron chi connectivity index (χ0n) is 35.8. The Labute approximate surface area is 352 Å². The van der Waals surface area contributed by atoms with E-state index in [2.05, 4.69) is 39.5 Å². The first-order chi connectivity index (χ1) is 28.3. The monoisotopic (exact) mass is 850 g/mol. The normalized spacial score (nSPS) is 29.2. The fourth-order valence-corrected chi connectivity index (χ4v) is 13.0. The van der Waals surface area contributed by atoms with Crippen LogP contribution in [0.1, 0.15) is 112 Å². The average Bonchev–Trinajstić information content (AvgIpc) is 3.67. The highest BCUT2D eigenvalue weighted by Crippen LogP contribution is 2.88. The van der Waals surface area contributed by atoms with Crippen LogP contribution in [0, 0.1) is 33.5 Å². The summed E-state index contributed by atoms with van der Waals surface area (Å²) in [5.41, 5.74) is -2.49. The third-order valence-electron chi connectivity index (χ3n) is 15.8. The third-order valence-corrected chi connectivity index (χ3v) is 17.1. The highest BCUT2D eigenvalue weighted by Gasteiger charge is 2.85. The van der Waals surface area contributed by atoms with Gasteiger partial charge in [-0.15, -0.1) is 0 Å². The number of ether oxygens (including phenoxy) is 2. The molecule has 16 heteroatoms. The van der Waals surface area contributed by atoms with Gasteiger partial charge in [-0.3, -0.25) is 19.2 Å². The second-order valence-electron chi connectivity index (χ2n) is 20.1. The van der Waals surface area contributed by atoms with Crippen LogP contribution in [-0.4, -0.2) is 97.6 Å². The van der Waals surface area contributed by atoms with Crippen molar-refractivity contribution < 1.29 is 41.9 Å². The Hall–Kier alpha value is -4.18. The Balaban J connectivity index is 1.06. The summed E-state index contributed by atoms with van der Waals surface area (Å²) in [5.74, 6) is -2.69. The van der Waals surface area contributed by atoms with Gasteiger partial charge in [-0.1, -0.05) is 85.8 Å².